The molecule has 0 spiro atoms. The highest BCUT2D eigenvalue weighted by atomic mass is 32.1. The molecule has 2 atom stereocenters. The molecule has 1 aromatic rings. The van der Waals surface area contributed by atoms with Crippen LogP contribution in [0.15, 0.2) is 17.5 Å². The zero-order valence-corrected chi connectivity index (χ0v) is 14.6. The van der Waals surface area contributed by atoms with Crippen LogP contribution in [0.3, 0.4) is 0 Å². The maximum Gasteiger partial charge on any atom is 0.410 e. The average molecular weight is 326 g/mol. The molecule has 0 radical (unpaired) electrons. The molecule has 6 heteroatoms. The number of likely N-dealkylation sites (tertiary alicyclic amines) is 1. The minimum absolute atomic E-state index is 0.193. The van der Waals surface area contributed by atoms with Crippen molar-refractivity contribution < 1.29 is 14.6 Å². The highest BCUT2D eigenvalue weighted by molar-refractivity contribution is 7.10. The topological polar surface area (TPSA) is 61.8 Å². The Morgan fingerprint density at radius 1 is 1.50 bits per heavy atom. The summed E-state index contributed by atoms with van der Waals surface area (Å²) in [5.74, 6) is 0. The summed E-state index contributed by atoms with van der Waals surface area (Å²) in [4.78, 5) is 14.7. The summed E-state index contributed by atoms with van der Waals surface area (Å²) < 4.78 is 5.39. The summed E-state index contributed by atoms with van der Waals surface area (Å²) in [6.45, 7) is 9.20. The molecule has 0 unspecified atom stereocenters. The van der Waals surface area contributed by atoms with Gasteiger partial charge in [0.2, 0.25) is 0 Å². The van der Waals surface area contributed by atoms with Gasteiger partial charge in [-0.3, -0.25) is 0 Å². The quantitative estimate of drug-likeness (QED) is 0.893. The van der Waals surface area contributed by atoms with Crippen LogP contribution in [-0.4, -0.2) is 47.4 Å². The maximum atomic E-state index is 12.0. The van der Waals surface area contributed by atoms with Crippen molar-refractivity contribution in [1.29, 1.82) is 0 Å². The third-order valence-corrected chi connectivity index (χ3v) is 4.75. The van der Waals surface area contributed by atoms with Crippen LogP contribution >= 0.6 is 11.3 Å². The van der Waals surface area contributed by atoms with Gasteiger partial charge in [-0.2, -0.15) is 0 Å². The second-order valence-corrected chi connectivity index (χ2v) is 7.99. The lowest BCUT2D eigenvalue weighted by atomic mass is 10.0. The van der Waals surface area contributed by atoms with E-state index in [4.69, 9.17) is 4.74 Å². The van der Waals surface area contributed by atoms with Crippen molar-refractivity contribution in [2.75, 3.05) is 19.6 Å². The second-order valence-electron chi connectivity index (χ2n) is 7.04. The first-order chi connectivity index (χ1) is 10.2. The highest BCUT2D eigenvalue weighted by Crippen LogP contribution is 2.25. The molecule has 22 heavy (non-hydrogen) atoms. The molecule has 1 aliphatic heterocycles. The Balaban J connectivity index is 1.80. The fraction of sp³-hybridized carbons (Fsp3) is 0.688. The summed E-state index contributed by atoms with van der Waals surface area (Å²) in [6, 6.07) is 4.07. The molecular formula is C16H26N2O3S. The van der Waals surface area contributed by atoms with E-state index in [2.05, 4.69) is 5.32 Å². The number of carbonyl (C=O) groups excluding carboxylic acids is 1. The van der Waals surface area contributed by atoms with Gasteiger partial charge in [-0.25, -0.2) is 4.79 Å². The van der Waals surface area contributed by atoms with Gasteiger partial charge in [0.1, 0.15) is 11.2 Å². The van der Waals surface area contributed by atoms with Crippen molar-refractivity contribution in [3.63, 3.8) is 0 Å². The summed E-state index contributed by atoms with van der Waals surface area (Å²) in [7, 11) is 0. The number of aliphatic hydroxyl groups is 1. The fourth-order valence-corrected chi connectivity index (χ4v) is 3.22. The molecule has 0 aromatic carbocycles. The number of thiophene rings is 1. The van der Waals surface area contributed by atoms with Gasteiger partial charge in [0.15, 0.2) is 0 Å². The molecular weight excluding hydrogens is 300 g/mol. The summed E-state index contributed by atoms with van der Waals surface area (Å²) in [5.41, 5.74) is -1.35. The lowest BCUT2D eigenvalue weighted by molar-refractivity contribution is 0.0287. The Kier molecular flexibility index (Phi) is 5.14. The molecule has 2 rings (SSSR count). The molecule has 0 aliphatic carbocycles. The van der Waals surface area contributed by atoms with Crippen molar-refractivity contribution >= 4 is 17.4 Å². The molecule has 0 bridgehead atoms. The number of carbonyl (C=O) groups is 1. The lowest BCUT2D eigenvalue weighted by Crippen LogP contribution is -2.43. The summed E-state index contributed by atoms with van der Waals surface area (Å²) in [5, 5.41) is 15.8. The van der Waals surface area contributed by atoms with Crippen molar-refractivity contribution in [2.45, 2.75) is 51.4 Å². The van der Waals surface area contributed by atoms with E-state index in [1.54, 1.807) is 16.2 Å². The Morgan fingerprint density at radius 3 is 2.82 bits per heavy atom. The molecule has 2 N–H and O–H groups in total. The van der Waals surface area contributed by atoms with Crippen LogP contribution in [0.4, 0.5) is 4.79 Å². The third kappa shape index (κ3) is 4.69. The predicted molar refractivity (Wildman–Crippen MR) is 88.1 cm³/mol. The van der Waals surface area contributed by atoms with Gasteiger partial charge in [0.05, 0.1) is 0 Å². The van der Waals surface area contributed by atoms with Crippen LogP contribution in [0.5, 0.6) is 0 Å². The van der Waals surface area contributed by atoms with Crippen LogP contribution in [0.1, 0.15) is 39.0 Å². The first-order valence-electron chi connectivity index (χ1n) is 7.65. The van der Waals surface area contributed by atoms with Gasteiger partial charge in [-0.1, -0.05) is 6.07 Å². The molecule has 1 aromatic heterocycles. The summed E-state index contributed by atoms with van der Waals surface area (Å²) in [6.07, 6.45) is 0.613. The van der Waals surface area contributed by atoms with Crippen molar-refractivity contribution in [1.82, 2.24) is 10.2 Å². The largest absolute Gasteiger partial charge is 0.444 e. The molecule has 1 saturated heterocycles. The minimum Gasteiger partial charge on any atom is -0.444 e. The van der Waals surface area contributed by atoms with E-state index in [0.717, 1.165) is 11.3 Å². The normalized spacial score (nSPS) is 21.7. The van der Waals surface area contributed by atoms with Gasteiger partial charge >= 0.3 is 6.09 Å². The average Bonchev–Trinajstić information content (AvgIpc) is 3.06. The number of nitrogens with zero attached hydrogens (tertiary/aromatic N) is 1. The monoisotopic (exact) mass is 326 g/mol. The molecule has 0 saturated carbocycles. The number of hydrogen-bond donors (Lipinski definition) is 2. The van der Waals surface area contributed by atoms with E-state index in [0.29, 0.717) is 19.6 Å². The molecule has 1 fully saturated rings. The first-order valence-corrected chi connectivity index (χ1v) is 8.53. The predicted octanol–water partition coefficient (Wildman–Crippen LogP) is 2.55. The van der Waals surface area contributed by atoms with E-state index in [9.17, 15) is 9.90 Å². The molecule has 2 heterocycles. The van der Waals surface area contributed by atoms with E-state index >= 15 is 0 Å². The van der Waals surface area contributed by atoms with Gasteiger partial charge in [0, 0.05) is 30.6 Å². The van der Waals surface area contributed by atoms with Gasteiger partial charge in [-0.05, 0) is 45.6 Å². The number of hydrogen-bond acceptors (Lipinski definition) is 5. The van der Waals surface area contributed by atoms with Crippen LogP contribution < -0.4 is 5.32 Å². The first kappa shape index (κ1) is 17.2. The van der Waals surface area contributed by atoms with E-state index in [1.807, 2.05) is 45.2 Å². The Bertz CT molecular complexity index is 494. The van der Waals surface area contributed by atoms with Gasteiger partial charge < -0.3 is 20.1 Å². The Hall–Kier alpha value is -1.11. The molecule has 5 nitrogen and oxygen atoms in total. The number of nitrogens with one attached hydrogen (secondary N) is 1. The van der Waals surface area contributed by atoms with E-state index in [1.165, 1.54) is 0 Å². The van der Waals surface area contributed by atoms with Gasteiger partial charge in [0.25, 0.3) is 0 Å². The van der Waals surface area contributed by atoms with Crippen molar-refractivity contribution in [2.24, 2.45) is 0 Å². The van der Waals surface area contributed by atoms with Crippen LogP contribution in [0.25, 0.3) is 0 Å². The maximum absolute atomic E-state index is 12.0. The Labute approximate surface area is 136 Å². The van der Waals surface area contributed by atoms with Crippen molar-refractivity contribution in [3.05, 3.63) is 22.4 Å². The molecule has 124 valence electrons. The highest BCUT2D eigenvalue weighted by Gasteiger charge is 2.31. The second kappa shape index (κ2) is 6.56. The lowest BCUT2D eigenvalue weighted by Gasteiger charge is -2.26. The molecule has 1 amide bonds. The standard InChI is InChI=1S/C16H26N2O3S/c1-15(2,3)21-14(19)18-8-7-12(10-18)17-11-16(4,20)13-6-5-9-22-13/h5-6,9,12,17,20H,7-8,10-11H2,1-4H3/t12-,16+/m0/s1. The molecule has 1 aliphatic rings. The zero-order valence-electron chi connectivity index (χ0n) is 13.8. The van der Waals surface area contributed by atoms with E-state index < -0.39 is 11.2 Å². The smallest absolute Gasteiger partial charge is 0.410 e. The van der Waals surface area contributed by atoms with Gasteiger partial charge in [-0.15, -0.1) is 11.3 Å². The zero-order chi connectivity index (χ0) is 16.4. The minimum atomic E-state index is -0.881. The van der Waals surface area contributed by atoms with Crippen molar-refractivity contribution in [3.8, 4) is 0 Å². The summed E-state index contributed by atoms with van der Waals surface area (Å²) >= 11 is 1.55. The number of amides is 1. The van der Waals surface area contributed by atoms with Crippen LogP contribution in [0, 0.1) is 0 Å². The third-order valence-electron chi connectivity index (χ3n) is 3.63. The SMILES string of the molecule is CC(C)(C)OC(=O)N1CC[C@H](NC[C@@](C)(O)c2cccs2)C1. The number of ether oxygens (including phenoxy) is 1. The fourth-order valence-electron chi connectivity index (χ4n) is 2.43. The van der Waals surface area contributed by atoms with E-state index in [-0.39, 0.29) is 12.1 Å². The Morgan fingerprint density at radius 2 is 2.23 bits per heavy atom. The van der Waals surface area contributed by atoms with Crippen LogP contribution in [0.2, 0.25) is 0 Å². The van der Waals surface area contributed by atoms with Crippen LogP contribution in [-0.2, 0) is 10.3 Å². The number of rotatable bonds is 4.